The van der Waals surface area contributed by atoms with Crippen LogP contribution in [0.3, 0.4) is 0 Å². The number of hydrogen-bond donors (Lipinski definition) is 4. The summed E-state index contributed by atoms with van der Waals surface area (Å²) in [6, 6.07) is 5.70. The van der Waals surface area contributed by atoms with Gasteiger partial charge >= 0.3 is 5.97 Å². The quantitative estimate of drug-likeness (QED) is 0.381. The molecule has 1 aromatic rings. The fourth-order valence-corrected chi connectivity index (χ4v) is 4.22. The fourth-order valence-electron chi connectivity index (χ4n) is 4.22. The molecule has 1 aromatic carbocycles. The molecule has 0 aliphatic carbocycles. The molecule has 9 nitrogen and oxygen atoms in total. The maximum Gasteiger partial charge on any atom is 0.326 e. The highest BCUT2D eigenvalue weighted by Crippen LogP contribution is 2.20. The van der Waals surface area contributed by atoms with Crippen LogP contribution in [0, 0.1) is 11.8 Å². The van der Waals surface area contributed by atoms with Gasteiger partial charge in [0.15, 0.2) is 0 Å². The fraction of sp³-hybridized carbons (Fsp3) is 0.600. The van der Waals surface area contributed by atoms with Crippen molar-refractivity contribution in [2.75, 3.05) is 6.54 Å². The molecule has 9 heteroatoms. The van der Waals surface area contributed by atoms with Gasteiger partial charge in [-0.2, -0.15) is 0 Å². The van der Waals surface area contributed by atoms with E-state index in [1.165, 1.54) is 4.90 Å². The summed E-state index contributed by atoms with van der Waals surface area (Å²) in [6.07, 6.45) is 1.86. The van der Waals surface area contributed by atoms with Gasteiger partial charge in [0.1, 0.15) is 18.1 Å². The molecular formula is C25H38N4O5. The van der Waals surface area contributed by atoms with Gasteiger partial charge in [-0.05, 0) is 36.7 Å². The normalized spacial score (nSPS) is 18.4. The third-order valence-corrected chi connectivity index (χ3v) is 6.03. The zero-order valence-corrected chi connectivity index (χ0v) is 20.5. The highest BCUT2D eigenvalue weighted by Gasteiger charge is 2.38. The van der Waals surface area contributed by atoms with E-state index in [4.69, 9.17) is 5.73 Å². The molecule has 0 aromatic heterocycles. The number of carboxylic acids is 1. The van der Waals surface area contributed by atoms with Crippen LogP contribution in [0.2, 0.25) is 0 Å². The van der Waals surface area contributed by atoms with Gasteiger partial charge in [0.25, 0.3) is 0 Å². The van der Waals surface area contributed by atoms with Gasteiger partial charge in [-0.3, -0.25) is 14.4 Å². The van der Waals surface area contributed by atoms with E-state index in [-0.39, 0.29) is 24.2 Å². The predicted molar refractivity (Wildman–Crippen MR) is 129 cm³/mol. The Balaban J connectivity index is 2.18. The number of benzene rings is 1. The molecule has 0 saturated carbocycles. The summed E-state index contributed by atoms with van der Waals surface area (Å²) in [6.45, 7) is 7.80. The van der Waals surface area contributed by atoms with Crippen molar-refractivity contribution in [3.8, 4) is 0 Å². The van der Waals surface area contributed by atoms with Gasteiger partial charge in [0.05, 0.1) is 6.04 Å². The maximum atomic E-state index is 13.2. The minimum absolute atomic E-state index is 0.191. The second kappa shape index (κ2) is 12.5. The summed E-state index contributed by atoms with van der Waals surface area (Å²) in [7, 11) is 0. The largest absolute Gasteiger partial charge is 0.480 e. The van der Waals surface area contributed by atoms with Crippen LogP contribution in [0.4, 0.5) is 0 Å². The Bertz CT molecular complexity index is 858. The second-order valence-electron chi connectivity index (χ2n) is 9.75. The number of carbonyl (C=O) groups excluding carboxylic acids is 3. The molecule has 188 valence electrons. The number of aliphatic carboxylic acids is 1. The Hall–Kier alpha value is -2.94. The molecule has 1 saturated heterocycles. The lowest BCUT2D eigenvalue weighted by Crippen LogP contribution is -2.57. The average molecular weight is 475 g/mol. The van der Waals surface area contributed by atoms with Crippen LogP contribution in [0.25, 0.3) is 0 Å². The minimum Gasteiger partial charge on any atom is -0.480 e. The Morgan fingerprint density at radius 3 is 2.29 bits per heavy atom. The molecular weight excluding hydrogens is 436 g/mol. The molecule has 34 heavy (non-hydrogen) atoms. The number of likely N-dealkylation sites (tertiary alicyclic amines) is 1. The topological polar surface area (TPSA) is 142 Å². The van der Waals surface area contributed by atoms with Crippen molar-refractivity contribution in [1.29, 1.82) is 0 Å². The Morgan fingerprint density at radius 1 is 1.09 bits per heavy atom. The number of nitrogens with zero attached hydrogens (tertiary/aromatic N) is 1. The van der Waals surface area contributed by atoms with Crippen molar-refractivity contribution in [1.82, 2.24) is 15.5 Å². The van der Waals surface area contributed by atoms with Crippen LogP contribution in [0.1, 0.15) is 52.5 Å². The molecule has 1 aliphatic heterocycles. The number of hydrogen-bond acceptors (Lipinski definition) is 5. The smallest absolute Gasteiger partial charge is 0.326 e. The molecule has 3 amide bonds. The van der Waals surface area contributed by atoms with E-state index in [1.807, 2.05) is 44.2 Å². The number of rotatable bonds is 11. The molecule has 0 bridgehead atoms. The van der Waals surface area contributed by atoms with Crippen molar-refractivity contribution in [2.24, 2.45) is 17.6 Å². The Morgan fingerprint density at radius 2 is 1.74 bits per heavy atom. The van der Waals surface area contributed by atoms with E-state index in [9.17, 15) is 24.3 Å². The van der Waals surface area contributed by atoms with E-state index < -0.39 is 42.0 Å². The lowest BCUT2D eigenvalue weighted by molar-refractivity contribution is -0.144. The highest BCUT2D eigenvalue weighted by molar-refractivity contribution is 5.94. The molecule has 1 fully saturated rings. The SMILES string of the molecule is CC(C)CC(N)C(=O)N1CCCC1C(=O)NC(Cc1ccccc1)C(=O)NC(C(=O)O)C(C)C. The third kappa shape index (κ3) is 7.55. The summed E-state index contributed by atoms with van der Waals surface area (Å²) >= 11 is 0. The first-order chi connectivity index (χ1) is 16.0. The van der Waals surface area contributed by atoms with Gasteiger partial charge in [-0.15, -0.1) is 0 Å². The van der Waals surface area contributed by atoms with E-state index in [0.29, 0.717) is 25.8 Å². The molecule has 4 unspecified atom stereocenters. The number of nitrogens with two attached hydrogens (primary N) is 1. The van der Waals surface area contributed by atoms with Crippen molar-refractivity contribution in [3.05, 3.63) is 35.9 Å². The lowest BCUT2D eigenvalue weighted by Gasteiger charge is -2.29. The summed E-state index contributed by atoms with van der Waals surface area (Å²) in [5, 5.41) is 14.8. The summed E-state index contributed by atoms with van der Waals surface area (Å²) in [5.74, 6) is -2.50. The van der Waals surface area contributed by atoms with Crippen LogP contribution in [0.5, 0.6) is 0 Å². The van der Waals surface area contributed by atoms with Crippen molar-refractivity contribution in [3.63, 3.8) is 0 Å². The van der Waals surface area contributed by atoms with Gasteiger partial charge < -0.3 is 26.4 Å². The molecule has 1 aliphatic rings. The minimum atomic E-state index is -1.14. The van der Waals surface area contributed by atoms with E-state index in [1.54, 1.807) is 13.8 Å². The Kier molecular flexibility index (Phi) is 10.0. The zero-order chi connectivity index (χ0) is 25.4. The highest BCUT2D eigenvalue weighted by atomic mass is 16.4. The van der Waals surface area contributed by atoms with Crippen LogP contribution in [0.15, 0.2) is 30.3 Å². The number of carboxylic acid groups (broad SMARTS) is 1. The molecule has 5 N–H and O–H groups in total. The first kappa shape index (κ1) is 27.3. The standard InChI is InChI=1S/C25H38N4O5/c1-15(2)13-18(26)24(32)29-12-8-11-20(29)23(31)27-19(14-17-9-6-5-7-10-17)22(30)28-21(16(3)4)25(33)34/h5-7,9-10,15-16,18-21H,8,11-14,26H2,1-4H3,(H,27,31)(H,28,30)(H,33,34). The summed E-state index contributed by atoms with van der Waals surface area (Å²) in [5.41, 5.74) is 6.90. The second-order valence-corrected chi connectivity index (χ2v) is 9.75. The third-order valence-electron chi connectivity index (χ3n) is 6.03. The number of amides is 3. The molecule has 2 rings (SSSR count). The number of nitrogens with one attached hydrogen (secondary N) is 2. The zero-order valence-electron chi connectivity index (χ0n) is 20.5. The van der Waals surface area contributed by atoms with Gasteiger partial charge in [0.2, 0.25) is 17.7 Å². The van der Waals surface area contributed by atoms with Crippen LogP contribution in [-0.2, 0) is 25.6 Å². The van der Waals surface area contributed by atoms with Crippen molar-refractivity contribution in [2.45, 2.75) is 77.5 Å². The van der Waals surface area contributed by atoms with Crippen molar-refractivity contribution < 1.29 is 24.3 Å². The molecule has 0 spiro atoms. The average Bonchev–Trinajstić information content (AvgIpc) is 3.26. The van der Waals surface area contributed by atoms with Gasteiger partial charge in [-0.25, -0.2) is 4.79 Å². The molecule has 0 radical (unpaired) electrons. The van der Waals surface area contributed by atoms with E-state index in [0.717, 1.165) is 5.56 Å². The van der Waals surface area contributed by atoms with Gasteiger partial charge in [-0.1, -0.05) is 58.0 Å². The van der Waals surface area contributed by atoms with Crippen LogP contribution >= 0.6 is 0 Å². The Labute approximate surface area is 201 Å². The molecule has 4 atom stereocenters. The number of carbonyl (C=O) groups is 4. The lowest BCUT2D eigenvalue weighted by atomic mass is 10.0. The summed E-state index contributed by atoms with van der Waals surface area (Å²) < 4.78 is 0. The first-order valence-corrected chi connectivity index (χ1v) is 11.9. The summed E-state index contributed by atoms with van der Waals surface area (Å²) in [4.78, 5) is 52.3. The van der Waals surface area contributed by atoms with E-state index in [2.05, 4.69) is 10.6 Å². The van der Waals surface area contributed by atoms with Gasteiger partial charge in [0, 0.05) is 13.0 Å². The molecule has 1 heterocycles. The van der Waals surface area contributed by atoms with Crippen molar-refractivity contribution >= 4 is 23.7 Å². The van der Waals surface area contributed by atoms with Crippen LogP contribution < -0.4 is 16.4 Å². The maximum absolute atomic E-state index is 13.2. The monoisotopic (exact) mass is 474 g/mol. The van der Waals surface area contributed by atoms with Crippen LogP contribution in [-0.4, -0.2) is 64.4 Å². The first-order valence-electron chi connectivity index (χ1n) is 11.9. The van der Waals surface area contributed by atoms with E-state index >= 15 is 0 Å². The predicted octanol–water partition coefficient (Wildman–Crippen LogP) is 1.30.